The highest BCUT2D eigenvalue weighted by Crippen LogP contribution is 2.26. The van der Waals surface area contributed by atoms with Gasteiger partial charge in [-0.25, -0.2) is 4.79 Å². The lowest BCUT2D eigenvalue weighted by Gasteiger charge is -2.17. The summed E-state index contributed by atoms with van der Waals surface area (Å²) in [6.45, 7) is 1.32. The molecular formula is C18H14O4. The summed E-state index contributed by atoms with van der Waals surface area (Å²) in [7, 11) is 0. The van der Waals surface area contributed by atoms with Gasteiger partial charge in [-0.3, -0.25) is 4.79 Å². The molecule has 3 rings (SSSR count). The van der Waals surface area contributed by atoms with Gasteiger partial charge in [0.15, 0.2) is 6.10 Å². The fourth-order valence-corrected chi connectivity index (χ4v) is 2.37. The molecule has 110 valence electrons. The highest BCUT2D eigenvalue weighted by molar-refractivity contribution is 5.77. The zero-order chi connectivity index (χ0) is 15.5. The van der Waals surface area contributed by atoms with Crippen LogP contribution in [0.2, 0.25) is 0 Å². The predicted octanol–water partition coefficient (Wildman–Crippen LogP) is 3.45. The maximum Gasteiger partial charge on any atom is 0.343 e. The lowest BCUT2D eigenvalue weighted by atomic mass is 10.0. The number of esters is 1. The highest BCUT2D eigenvalue weighted by atomic mass is 16.5. The molecular weight excluding hydrogens is 280 g/mol. The number of fused-ring (bicyclic) bond motifs is 1. The Morgan fingerprint density at radius 1 is 1.05 bits per heavy atom. The van der Waals surface area contributed by atoms with Crippen molar-refractivity contribution in [1.82, 2.24) is 0 Å². The Hall–Kier alpha value is -2.88. The molecule has 0 radical (unpaired) electrons. The van der Waals surface area contributed by atoms with Crippen molar-refractivity contribution in [2.24, 2.45) is 0 Å². The third-order valence-corrected chi connectivity index (χ3v) is 3.34. The van der Waals surface area contributed by atoms with E-state index in [0.29, 0.717) is 11.1 Å². The first-order valence-corrected chi connectivity index (χ1v) is 6.90. The molecule has 1 atom stereocenters. The number of ether oxygens (including phenoxy) is 1. The Bertz CT molecular complexity index is 865. The van der Waals surface area contributed by atoms with Gasteiger partial charge in [-0.15, -0.1) is 0 Å². The maximum atomic E-state index is 12.3. The van der Waals surface area contributed by atoms with Crippen LogP contribution in [0.25, 0.3) is 11.0 Å². The Morgan fingerprint density at radius 3 is 2.45 bits per heavy atom. The molecule has 0 saturated carbocycles. The van der Waals surface area contributed by atoms with E-state index >= 15 is 0 Å². The Kier molecular flexibility index (Phi) is 3.74. The minimum Gasteiger partial charge on any atom is -0.452 e. The normalized spacial score (nSPS) is 12.0. The molecule has 0 spiro atoms. The van der Waals surface area contributed by atoms with Crippen LogP contribution in [0.4, 0.5) is 0 Å². The van der Waals surface area contributed by atoms with E-state index in [1.807, 2.05) is 42.5 Å². The fraction of sp³-hybridized carbons (Fsp3) is 0.111. The molecule has 2 aromatic carbocycles. The number of benzene rings is 2. The minimum absolute atomic E-state index is 0.306. The number of rotatable bonds is 3. The van der Waals surface area contributed by atoms with Crippen molar-refractivity contribution in [3.63, 3.8) is 0 Å². The third kappa shape index (κ3) is 2.76. The van der Waals surface area contributed by atoms with E-state index in [4.69, 9.17) is 9.15 Å². The lowest BCUT2D eigenvalue weighted by molar-refractivity contribution is -0.144. The summed E-state index contributed by atoms with van der Waals surface area (Å²) >= 11 is 0. The topological polar surface area (TPSA) is 56.5 Å². The summed E-state index contributed by atoms with van der Waals surface area (Å²) in [6.07, 6.45) is -0.778. The first-order valence-electron chi connectivity index (χ1n) is 6.90. The van der Waals surface area contributed by atoms with Gasteiger partial charge in [0, 0.05) is 12.3 Å². The first kappa shape index (κ1) is 14.1. The molecule has 4 nitrogen and oxygen atoms in total. The van der Waals surface area contributed by atoms with E-state index in [1.54, 1.807) is 18.2 Å². The van der Waals surface area contributed by atoms with Gasteiger partial charge in [-0.1, -0.05) is 48.5 Å². The van der Waals surface area contributed by atoms with E-state index in [0.717, 1.165) is 10.9 Å². The lowest BCUT2D eigenvalue weighted by Crippen LogP contribution is -2.18. The van der Waals surface area contributed by atoms with Gasteiger partial charge in [-0.05, 0) is 17.7 Å². The van der Waals surface area contributed by atoms with Crippen molar-refractivity contribution < 1.29 is 13.9 Å². The molecule has 0 aliphatic carbocycles. The molecule has 0 amide bonds. The molecule has 0 N–H and O–H groups in total. The zero-order valence-corrected chi connectivity index (χ0v) is 12.0. The second-order valence-electron chi connectivity index (χ2n) is 4.93. The van der Waals surface area contributed by atoms with Gasteiger partial charge in [0.1, 0.15) is 5.58 Å². The van der Waals surface area contributed by atoms with Crippen molar-refractivity contribution in [2.75, 3.05) is 0 Å². The summed E-state index contributed by atoms with van der Waals surface area (Å²) in [6, 6.07) is 18.1. The van der Waals surface area contributed by atoms with Crippen molar-refractivity contribution >= 4 is 16.9 Å². The standard InChI is InChI=1S/C18H14O4/c1-12(19)21-17(13-7-3-2-4-8-13)15-11-14-9-5-6-10-16(14)22-18(15)20/h2-11,17H,1H3. The summed E-state index contributed by atoms with van der Waals surface area (Å²) in [5, 5.41) is 0.783. The van der Waals surface area contributed by atoms with Crippen LogP contribution in [0.15, 0.2) is 69.9 Å². The minimum atomic E-state index is -0.778. The van der Waals surface area contributed by atoms with Gasteiger partial charge in [0.05, 0.1) is 5.56 Å². The molecule has 1 heterocycles. The van der Waals surface area contributed by atoms with Gasteiger partial charge in [-0.2, -0.15) is 0 Å². The van der Waals surface area contributed by atoms with Crippen LogP contribution in [-0.4, -0.2) is 5.97 Å². The van der Waals surface area contributed by atoms with Gasteiger partial charge >= 0.3 is 11.6 Å². The summed E-state index contributed by atoms with van der Waals surface area (Å²) in [4.78, 5) is 23.7. The highest BCUT2D eigenvalue weighted by Gasteiger charge is 2.22. The molecule has 0 saturated heterocycles. The van der Waals surface area contributed by atoms with Crippen molar-refractivity contribution in [3.8, 4) is 0 Å². The van der Waals surface area contributed by atoms with E-state index in [9.17, 15) is 9.59 Å². The van der Waals surface area contributed by atoms with Crippen molar-refractivity contribution in [2.45, 2.75) is 13.0 Å². The average Bonchev–Trinajstić information content (AvgIpc) is 2.53. The molecule has 1 unspecified atom stereocenters. The molecule has 4 heteroatoms. The number of para-hydroxylation sites is 1. The van der Waals surface area contributed by atoms with E-state index in [2.05, 4.69) is 0 Å². The number of carbonyl (C=O) groups excluding carboxylic acids is 1. The Labute approximate surface area is 127 Å². The summed E-state index contributed by atoms with van der Waals surface area (Å²) < 4.78 is 10.7. The molecule has 0 aliphatic heterocycles. The van der Waals surface area contributed by atoms with Crippen LogP contribution < -0.4 is 5.63 Å². The molecule has 0 bridgehead atoms. The molecule has 3 aromatic rings. The summed E-state index contributed by atoms with van der Waals surface area (Å²) in [5.41, 5.74) is 1.03. The Balaban J connectivity index is 2.17. The monoisotopic (exact) mass is 294 g/mol. The predicted molar refractivity (Wildman–Crippen MR) is 82.5 cm³/mol. The van der Waals surface area contributed by atoms with Crippen molar-refractivity contribution in [1.29, 1.82) is 0 Å². The molecule has 0 aliphatic rings. The van der Waals surface area contributed by atoms with Crippen LogP contribution in [0.1, 0.15) is 24.2 Å². The molecule has 1 aromatic heterocycles. The number of hydrogen-bond donors (Lipinski definition) is 0. The quantitative estimate of drug-likeness (QED) is 0.548. The van der Waals surface area contributed by atoms with Crippen LogP contribution in [0.3, 0.4) is 0 Å². The second-order valence-corrected chi connectivity index (χ2v) is 4.93. The van der Waals surface area contributed by atoms with E-state index < -0.39 is 17.7 Å². The third-order valence-electron chi connectivity index (χ3n) is 3.34. The fourth-order valence-electron chi connectivity index (χ4n) is 2.37. The van der Waals surface area contributed by atoms with Crippen LogP contribution in [-0.2, 0) is 9.53 Å². The smallest absolute Gasteiger partial charge is 0.343 e. The zero-order valence-electron chi connectivity index (χ0n) is 12.0. The Morgan fingerprint density at radius 2 is 1.73 bits per heavy atom. The largest absolute Gasteiger partial charge is 0.452 e. The second kappa shape index (κ2) is 5.85. The number of hydrogen-bond acceptors (Lipinski definition) is 4. The maximum absolute atomic E-state index is 12.3. The number of carbonyl (C=O) groups is 1. The van der Waals surface area contributed by atoms with Gasteiger partial charge < -0.3 is 9.15 Å². The van der Waals surface area contributed by atoms with Gasteiger partial charge in [0.25, 0.3) is 0 Å². The van der Waals surface area contributed by atoms with Crippen LogP contribution >= 0.6 is 0 Å². The van der Waals surface area contributed by atoms with E-state index in [1.165, 1.54) is 6.92 Å². The van der Waals surface area contributed by atoms with Crippen LogP contribution in [0.5, 0.6) is 0 Å². The van der Waals surface area contributed by atoms with Crippen LogP contribution in [0, 0.1) is 0 Å². The first-order chi connectivity index (χ1) is 10.6. The molecule has 22 heavy (non-hydrogen) atoms. The molecule has 0 fully saturated rings. The van der Waals surface area contributed by atoms with Gasteiger partial charge in [0.2, 0.25) is 0 Å². The summed E-state index contributed by atoms with van der Waals surface area (Å²) in [5.74, 6) is -0.457. The van der Waals surface area contributed by atoms with E-state index in [-0.39, 0.29) is 0 Å². The SMILES string of the molecule is CC(=O)OC(c1ccccc1)c1cc2ccccc2oc1=O. The average molecular weight is 294 g/mol. The van der Waals surface area contributed by atoms with Crippen molar-refractivity contribution in [3.05, 3.63) is 82.2 Å².